The van der Waals surface area contributed by atoms with Crippen molar-refractivity contribution >= 4 is 14.3 Å². The van der Waals surface area contributed by atoms with Crippen LogP contribution < -0.4 is 0 Å². The first-order valence-electron chi connectivity index (χ1n) is 7.19. The van der Waals surface area contributed by atoms with Gasteiger partial charge in [0.1, 0.15) is 0 Å². The molecule has 0 heterocycles. The van der Waals surface area contributed by atoms with Crippen molar-refractivity contribution in [2.24, 2.45) is 0 Å². The van der Waals surface area contributed by atoms with Crippen LogP contribution in [0.2, 0.25) is 19.6 Å². The zero-order valence-electron chi connectivity index (χ0n) is 13.2. The van der Waals surface area contributed by atoms with Crippen LogP contribution in [-0.4, -0.2) is 20.9 Å². The first-order chi connectivity index (χ1) is 9.85. The molecule has 0 N–H and O–H groups in total. The Morgan fingerprint density at radius 1 is 1.38 bits per heavy atom. The molecule has 21 heavy (non-hydrogen) atoms. The zero-order chi connectivity index (χ0) is 15.9. The molecule has 0 radical (unpaired) electrons. The van der Waals surface area contributed by atoms with Crippen molar-refractivity contribution in [2.45, 2.75) is 45.5 Å². The fraction of sp³-hybridized carbons (Fsp3) is 0.500. The molecule has 0 fully saturated rings. The predicted octanol–water partition coefficient (Wildman–Crippen LogP) is 3.79. The number of carbonyl (C=O) groups is 1. The lowest BCUT2D eigenvalue weighted by Crippen LogP contribution is -2.28. The van der Waals surface area contributed by atoms with Gasteiger partial charge in [0.25, 0.3) is 0 Å². The molecule has 0 saturated heterocycles. The topological polar surface area (TPSA) is 59.3 Å². The Labute approximate surface area is 127 Å². The van der Waals surface area contributed by atoms with Crippen LogP contribution in [0.3, 0.4) is 0 Å². The number of benzene rings is 1. The van der Waals surface area contributed by atoms with Crippen LogP contribution in [0.1, 0.15) is 37.0 Å². The molecule has 1 aromatic rings. The van der Waals surface area contributed by atoms with E-state index in [1.165, 1.54) is 0 Å². The van der Waals surface area contributed by atoms with Gasteiger partial charge in [-0.15, -0.1) is 0 Å². The van der Waals surface area contributed by atoms with E-state index in [1.807, 2.05) is 18.2 Å². The Balaban J connectivity index is 2.86. The van der Waals surface area contributed by atoms with Crippen LogP contribution in [-0.2, 0) is 14.0 Å². The summed E-state index contributed by atoms with van der Waals surface area (Å²) < 4.78 is 11.1. The molecule has 4 nitrogen and oxygen atoms in total. The SMILES string of the molecule is CCOC(=O)CCC(O[Si](C)(C)C)c1cccc(C#N)c1. The Kier molecular flexibility index (Phi) is 6.60. The number of nitrogens with zero attached hydrogens (tertiary/aromatic N) is 1. The third-order valence-corrected chi connectivity index (χ3v) is 3.79. The molecule has 0 spiro atoms. The maximum absolute atomic E-state index is 11.5. The molecule has 0 amide bonds. The van der Waals surface area contributed by atoms with Gasteiger partial charge in [0.15, 0.2) is 8.32 Å². The molecule has 1 rings (SSSR count). The first-order valence-corrected chi connectivity index (χ1v) is 10.6. The summed E-state index contributed by atoms with van der Waals surface area (Å²) in [6.45, 7) is 8.52. The molecule has 5 heteroatoms. The number of hydrogen-bond acceptors (Lipinski definition) is 4. The van der Waals surface area contributed by atoms with Crippen molar-refractivity contribution in [3.8, 4) is 6.07 Å². The second kappa shape index (κ2) is 7.96. The van der Waals surface area contributed by atoms with Crippen molar-refractivity contribution in [1.82, 2.24) is 0 Å². The average molecular weight is 305 g/mol. The second-order valence-electron chi connectivity index (χ2n) is 5.80. The van der Waals surface area contributed by atoms with Crippen LogP contribution in [0, 0.1) is 11.3 Å². The Hall–Kier alpha value is -1.64. The molecular formula is C16H23NO3Si. The van der Waals surface area contributed by atoms with Crippen LogP contribution >= 0.6 is 0 Å². The molecule has 0 bridgehead atoms. The minimum absolute atomic E-state index is 0.172. The van der Waals surface area contributed by atoms with Crippen LogP contribution in [0.5, 0.6) is 0 Å². The summed E-state index contributed by atoms with van der Waals surface area (Å²) in [5.74, 6) is -0.210. The molecule has 114 valence electrons. The summed E-state index contributed by atoms with van der Waals surface area (Å²) in [5, 5.41) is 9.01. The van der Waals surface area contributed by atoms with E-state index in [0.29, 0.717) is 25.0 Å². The van der Waals surface area contributed by atoms with Crippen molar-refractivity contribution < 1.29 is 14.0 Å². The van der Waals surface area contributed by atoms with Gasteiger partial charge in [0, 0.05) is 6.42 Å². The van der Waals surface area contributed by atoms with Crippen LogP contribution in [0.4, 0.5) is 0 Å². The highest BCUT2D eigenvalue weighted by Crippen LogP contribution is 2.27. The summed E-state index contributed by atoms with van der Waals surface area (Å²) in [6.07, 6.45) is 0.715. The molecule has 0 saturated carbocycles. The van der Waals surface area contributed by atoms with E-state index in [2.05, 4.69) is 25.7 Å². The monoisotopic (exact) mass is 305 g/mol. The zero-order valence-corrected chi connectivity index (χ0v) is 14.2. The first kappa shape index (κ1) is 17.4. The number of nitriles is 1. The Morgan fingerprint density at radius 3 is 2.67 bits per heavy atom. The van der Waals surface area contributed by atoms with Gasteiger partial charge in [0.05, 0.1) is 24.3 Å². The van der Waals surface area contributed by atoms with Gasteiger partial charge >= 0.3 is 5.97 Å². The number of rotatable bonds is 7. The summed E-state index contributed by atoms with van der Waals surface area (Å²) in [5.41, 5.74) is 1.55. The average Bonchev–Trinajstić information content (AvgIpc) is 2.42. The molecule has 1 unspecified atom stereocenters. The summed E-state index contributed by atoms with van der Waals surface area (Å²) in [7, 11) is -1.76. The van der Waals surface area contributed by atoms with Crippen molar-refractivity contribution in [1.29, 1.82) is 5.26 Å². The van der Waals surface area contributed by atoms with Gasteiger partial charge in [-0.3, -0.25) is 4.79 Å². The third-order valence-electron chi connectivity index (χ3n) is 2.80. The van der Waals surface area contributed by atoms with E-state index in [1.54, 1.807) is 13.0 Å². The number of ether oxygens (including phenoxy) is 1. The second-order valence-corrected chi connectivity index (χ2v) is 10.3. The lowest BCUT2D eigenvalue weighted by atomic mass is 10.0. The van der Waals surface area contributed by atoms with E-state index >= 15 is 0 Å². The number of esters is 1. The predicted molar refractivity (Wildman–Crippen MR) is 84.2 cm³/mol. The largest absolute Gasteiger partial charge is 0.466 e. The standard InChI is InChI=1S/C16H23NO3Si/c1-5-19-16(18)10-9-15(20-21(2,3)4)14-8-6-7-13(11-14)12-17/h6-8,11,15H,5,9-10H2,1-4H3. The summed E-state index contributed by atoms with van der Waals surface area (Å²) >= 11 is 0. The van der Waals surface area contributed by atoms with Crippen LogP contribution in [0.25, 0.3) is 0 Å². The minimum Gasteiger partial charge on any atom is -0.466 e. The fourth-order valence-electron chi connectivity index (χ4n) is 2.01. The lowest BCUT2D eigenvalue weighted by molar-refractivity contribution is -0.143. The van der Waals surface area contributed by atoms with Gasteiger partial charge < -0.3 is 9.16 Å². The van der Waals surface area contributed by atoms with E-state index in [9.17, 15) is 4.79 Å². The fourth-order valence-corrected chi connectivity index (χ4v) is 3.12. The molecule has 0 aliphatic carbocycles. The molecular weight excluding hydrogens is 282 g/mol. The van der Waals surface area contributed by atoms with E-state index in [-0.39, 0.29) is 12.1 Å². The third kappa shape index (κ3) is 6.56. The molecule has 1 atom stereocenters. The Morgan fingerprint density at radius 2 is 2.10 bits per heavy atom. The highest BCUT2D eigenvalue weighted by Gasteiger charge is 2.23. The van der Waals surface area contributed by atoms with Gasteiger partial charge in [-0.2, -0.15) is 5.26 Å². The Bertz CT molecular complexity index is 517. The smallest absolute Gasteiger partial charge is 0.305 e. The maximum atomic E-state index is 11.5. The van der Waals surface area contributed by atoms with E-state index in [4.69, 9.17) is 14.4 Å². The lowest BCUT2D eigenvalue weighted by Gasteiger charge is -2.26. The quantitative estimate of drug-likeness (QED) is 0.568. The highest BCUT2D eigenvalue weighted by atomic mass is 28.4. The number of carbonyl (C=O) groups excluding carboxylic acids is 1. The number of hydrogen-bond donors (Lipinski definition) is 0. The van der Waals surface area contributed by atoms with Crippen molar-refractivity contribution in [3.05, 3.63) is 35.4 Å². The molecule has 0 aliphatic rings. The van der Waals surface area contributed by atoms with Gasteiger partial charge in [-0.1, -0.05) is 12.1 Å². The van der Waals surface area contributed by atoms with Crippen molar-refractivity contribution in [2.75, 3.05) is 6.61 Å². The summed E-state index contributed by atoms with van der Waals surface area (Å²) in [4.78, 5) is 11.5. The van der Waals surface area contributed by atoms with Gasteiger partial charge in [-0.25, -0.2) is 0 Å². The normalized spacial score (nSPS) is 12.5. The van der Waals surface area contributed by atoms with Crippen LogP contribution in [0.15, 0.2) is 24.3 Å². The van der Waals surface area contributed by atoms with Gasteiger partial charge in [0.2, 0.25) is 0 Å². The van der Waals surface area contributed by atoms with E-state index in [0.717, 1.165) is 5.56 Å². The van der Waals surface area contributed by atoms with E-state index < -0.39 is 8.32 Å². The molecule has 1 aromatic carbocycles. The van der Waals surface area contributed by atoms with Crippen molar-refractivity contribution in [3.63, 3.8) is 0 Å². The summed E-state index contributed by atoms with van der Waals surface area (Å²) in [6, 6.07) is 9.52. The molecule has 0 aliphatic heterocycles. The minimum atomic E-state index is -1.76. The molecule has 0 aromatic heterocycles. The maximum Gasteiger partial charge on any atom is 0.305 e. The highest BCUT2D eigenvalue weighted by molar-refractivity contribution is 6.69. The van der Waals surface area contributed by atoms with Gasteiger partial charge in [-0.05, 0) is 50.7 Å².